The zero-order valence-electron chi connectivity index (χ0n) is 14.4. The van der Waals surface area contributed by atoms with Gasteiger partial charge in [-0.3, -0.25) is 9.59 Å². The van der Waals surface area contributed by atoms with E-state index in [1.54, 1.807) is 0 Å². The third-order valence-corrected chi connectivity index (χ3v) is 6.23. The Labute approximate surface area is 169 Å². The van der Waals surface area contributed by atoms with Gasteiger partial charge in [0, 0.05) is 10.4 Å². The van der Waals surface area contributed by atoms with Crippen LogP contribution in [0.4, 0.5) is 5.00 Å². The van der Waals surface area contributed by atoms with E-state index in [9.17, 15) is 14.4 Å². The van der Waals surface area contributed by atoms with Crippen LogP contribution in [0.1, 0.15) is 43.5 Å². The highest BCUT2D eigenvalue weighted by Crippen LogP contribution is 2.46. The lowest BCUT2D eigenvalue weighted by atomic mass is 9.99. The number of ether oxygens (including phenoxy) is 2. The number of benzene rings is 1. The molecule has 0 aliphatic heterocycles. The predicted octanol–water partition coefficient (Wildman–Crippen LogP) is 4.30. The molecule has 0 bridgehead atoms. The molecule has 1 amide bonds. The topological polar surface area (TPSA) is 81.7 Å². The molecule has 0 spiro atoms. The number of amides is 1. The monoisotopic (exact) mass is 427 g/mol. The maximum atomic E-state index is 12.6. The molecule has 1 aliphatic rings. The molecule has 0 unspecified atom stereocenters. The first-order valence-corrected chi connectivity index (χ1v) is 9.52. The summed E-state index contributed by atoms with van der Waals surface area (Å²) in [6.45, 7) is 0. The van der Waals surface area contributed by atoms with Gasteiger partial charge in [-0.2, -0.15) is 0 Å². The summed E-state index contributed by atoms with van der Waals surface area (Å²) in [5.41, 5.74) is 1.06. The Kier molecular flexibility index (Phi) is 5.74. The van der Waals surface area contributed by atoms with Gasteiger partial charge in [-0.05, 0) is 36.6 Å². The molecule has 1 aromatic carbocycles. The lowest BCUT2D eigenvalue weighted by Crippen LogP contribution is -2.17. The van der Waals surface area contributed by atoms with Crippen LogP contribution in [0.3, 0.4) is 0 Å². The Morgan fingerprint density at radius 3 is 2.52 bits per heavy atom. The normalized spacial score (nSPS) is 15.2. The minimum atomic E-state index is -0.618. The highest BCUT2D eigenvalue weighted by Gasteiger charge is 2.38. The number of fused-ring (bicyclic) bond motifs is 1. The molecule has 1 N–H and O–H groups in total. The van der Waals surface area contributed by atoms with Crippen molar-refractivity contribution in [2.45, 2.75) is 18.8 Å². The Balaban J connectivity index is 1.98. The molecular weight excluding hydrogens is 413 g/mol. The number of rotatable bonds is 4. The quantitative estimate of drug-likeness (QED) is 0.735. The van der Waals surface area contributed by atoms with Gasteiger partial charge in [0.1, 0.15) is 5.00 Å². The number of hydrogen-bond donors (Lipinski definition) is 1. The lowest BCUT2D eigenvalue weighted by molar-refractivity contribution is -0.142. The van der Waals surface area contributed by atoms with Gasteiger partial charge < -0.3 is 14.8 Å². The summed E-state index contributed by atoms with van der Waals surface area (Å²) in [7, 11) is 2.55. The summed E-state index contributed by atoms with van der Waals surface area (Å²) >= 11 is 13.1. The molecular formula is C18H15Cl2NO5S. The number of hydrogen-bond acceptors (Lipinski definition) is 6. The second-order valence-electron chi connectivity index (χ2n) is 5.83. The van der Waals surface area contributed by atoms with Crippen molar-refractivity contribution in [2.75, 3.05) is 19.5 Å². The van der Waals surface area contributed by atoms with Crippen LogP contribution in [0.5, 0.6) is 0 Å². The molecule has 0 fully saturated rings. The Morgan fingerprint density at radius 1 is 1.15 bits per heavy atom. The van der Waals surface area contributed by atoms with Crippen molar-refractivity contribution in [1.82, 2.24) is 0 Å². The molecule has 142 valence electrons. The number of methoxy groups -OCH3 is 2. The van der Waals surface area contributed by atoms with E-state index in [4.69, 9.17) is 32.7 Å². The molecule has 1 aromatic heterocycles. The molecule has 1 heterocycles. The molecule has 6 nitrogen and oxygen atoms in total. The predicted molar refractivity (Wildman–Crippen MR) is 103 cm³/mol. The van der Waals surface area contributed by atoms with Gasteiger partial charge in [-0.25, -0.2) is 4.79 Å². The Morgan fingerprint density at radius 2 is 1.89 bits per heavy atom. The SMILES string of the molecule is COC(=O)c1c(NC(=O)c2ccc(Cl)c(Cl)c2)sc2c1[C@@H](C(=O)OC)CC2. The molecule has 27 heavy (non-hydrogen) atoms. The van der Waals surface area contributed by atoms with Crippen molar-refractivity contribution in [1.29, 1.82) is 0 Å². The minimum absolute atomic E-state index is 0.193. The van der Waals surface area contributed by atoms with Gasteiger partial charge in [0.25, 0.3) is 5.91 Å². The van der Waals surface area contributed by atoms with Crippen molar-refractivity contribution in [2.24, 2.45) is 0 Å². The first-order chi connectivity index (χ1) is 12.9. The van der Waals surface area contributed by atoms with Gasteiger partial charge in [-0.15, -0.1) is 11.3 Å². The molecule has 1 atom stereocenters. The second kappa shape index (κ2) is 7.88. The van der Waals surface area contributed by atoms with Crippen LogP contribution < -0.4 is 5.32 Å². The van der Waals surface area contributed by atoms with Crippen LogP contribution in [-0.2, 0) is 20.7 Å². The van der Waals surface area contributed by atoms with E-state index in [2.05, 4.69) is 5.32 Å². The van der Waals surface area contributed by atoms with E-state index in [0.717, 1.165) is 4.88 Å². The van der Waals surface area contributed by atoms with Gasteiger partial charge >= 0.3 is 11.9 Å². The highest BCUT2D eigenvalue weighted by molar-refractivity contribution is 7.17. The molecule has 1 aliphatic carbocycles. The van der Waals surface area contributed by atoms with Crippen LogP contribution >= 0.6 is 34.5 Å². The van der Waals surface area contributed by atoms with Gasteiger partial charge in [-0.1, -0.05) is 23.2 Å². The summed E-state index contributed by atoms with van der Waals surface area (Å²) in [6.07, 6.45) is 1.17. The molecule has 0 saturated carbocycles. The fourth-order valence-corrected chi connectivity index (χ4v) is 4.61. The van der Waals surface area contributed by atoms with E-state index in [0.29, 0.717) is 34.0 Å². The van der Waals surface area contributed by atoms with Crippen molar-refractivity contribution < 1.29 is 23.9 Å². The molecule has 3 rings (SSSR count). The van der Waals surface area contributed by atoms with Crippen molar-refractivity contribution in [3.05, 3.63) is 49.8 Å². The maximum absolute atomic E-state index is 12.6. The van der Waals surface area contributed by atoms with Gasteiger partial charge in [0.05, 0.1) is 35.7 Å². The van der Waals surface area contributed by atoms with Crippen molar-refractivity contribution >= 4 is 57.4 Å². The zero-order valence-corrected chi connectivity index (χ0v) is 16.8. The molecule has 0 saturated heterocycles. The third kappa shape index (κ3) is 3.67. The number of carbonyl (C=O) groups excluding carboxylic acids is 3. The number of nitrogens with one attached hydrogen (secondary N) is 1. The van der Waals surface area contributed by atoms with Crippen LogP contribution in [0.25, 0.3) is 0 Å². The first-order valence-electron chi connectivity index (χ1n) is 7.95. The third-order valence-electron chi connectivity index (χ3n) is 4.31. The van der Waals surface area contributed by atoms with E-state index < -0.39 is 23.8 Å². The average molecular weight is 428 g/mol. The number of halogens is 2. The second-order valence-corrected chi connectivity index (χ2v) is 7.75. The van der Waals surface area contributed by atoms with Crippen molar-refractivity contribution in [3.63, 3.8) is 0 Å². The summed E-state index contributed by atoms with van der Waals surface area (Å²) in [5.74, 6) is -2.04. The maximum Gasteiger partial charge on any atom is 0.341 e. The van der Waals surface area contributed by atoms with E-state index in [1.807, 2.05) is 0 Å². The van der Waals surface area contributed by atoms with Gasteiger partial charge in [0.15, 0.2) is 0 Å². The first kappa shape index (κ1) is 19.7. The van der Waals surface area contributed by atoms with Crippen LogP contribution in [-0.4, -0.2) is 32.1 Å². The highest BCUT2D eigenvalue weighted by atomic mass is 35.5. The molecule has 2 aromatic rings. The fourth-order valence-electron chi connectivity index (χ4n) is 3.05. The summed E-state index contributed by atoms with van der Waals surface area (Å²) in [4.78, 5) is 37.9. The smallest absolute Gasteiger partial charge is 0.341 e. The number of carbonyl (C=O) groups is 3. The fraction of sp³-hybridized carbons (Fsp3) is 0.278. The summed E-state index contributed by atoms with van der Waals surface area (Å²) in [5, 5.41) is 3.63. The largest absolute Gasteiger partial charge is 0.469 e. The number of aryl methyl sites for hydroxylation is 1. The van der Waals surface area contributed by atoms with Crippen LogP contribution in [0.15, 0.2) is 18.2 Å². The summed E-state index contributed by atoms with van der Waals surface area (Å²) < 4.78 is 9.71. The molecule has 9 heteroatoms. The summed E-state index contributed by atoms with van der Waals surface area (Å²) in [6, 6.07) is 4.48. The standard InChI is InChI=1S/C18H15Cl2NO5S/c1-25-17(23)9-4-6-12-13(9)14(18(24)26-2)16(27-12)21-15(22)8-3-5-10(19)11(20)7-8/h3,5,7,9H,4,6H2,1-2H3,(H,21,22)/t9-/m0/s1. The van der Waals surface area contributed by atoms with E-state index in [-0.39, 0.29) is 10.6 Å². The van der Waals surface area contributed by atoms with Crippen LogP contribution in [0.2, 0.25) is 10.0 Å². The average Bonchev–Trinajstić information content (AvgIpc) is 3.21. The van der Waals surface area contributed by atoms with E-state index >= 15 is 0 Å². The van der Waals surface area contributed by atoms with Gasteiger partial charge in [0.2, 0.25) is 0 Å². The van der Waals surface area contributed by atoms with Crippen molar-refractivity contribution in [3.8, 4) is 0 Å². The Hall–Kier alpha value is -2.09. The van der Waals surface area contributed by atoms with E-state index in [1.165, 1.54) is 43.8 Å². The lowest BCUT2D eigenvalue weighted by Gasteiger charge is -2.12. The number of esters is 2. The number of anilines is 1. The zero-order chi connectivity index (χ0) is 19.7. The van der Waals surface area contributed by atoms with Crippen LogP contribution in [0, 0.1) is 0 Å². The Bertz CT molecular complexity index is 940. The number of thiophene rings is 1. The molecule has 0 radical (unpaired) electrons. The minimum Gasteiger partial charge on any atom is -0.469 e.